The molecule has 4 atom stereocenters. The molecule has 0 saturated carbocycles. The molecule has 0 bridgehead atoms. The zero-order valence-electron chi connectivity index (χ0n) is 26.3. The zero-order chi connectivity index (χ0) is 32.8. The average Bonchev–Trinajstić information content (AvgIpc) is 3.02. The van der Waals surface area contributed by atoms with E-state index in [4.69, 9.17) is 15.2 Å². The predicted molar refractivity (Wildman–Crippen MR) is 172 cm³/mol. The molecule has 3 aromatic carbocycles. The Labute approximate surface area is 265 Å². The van der Waals surface area contributed by atoms with Gasteiger partial charge in [-0.1, -0.05) is 91.0 Å². The summed E-state index contributed by atoms with van der Waals surface area (Å²) in [5, 5.41) is 8.04. The summed E-state index contributed by atoms with van der Waals surface area (Å²) >= 11 is 0. The Hall–Kier alpha value is -4.54. The van der Waals surface area contributed by atoms with Crippen LogP contribution in [0, 0.1) is 0 Å². The molecule has 0 aromatic heterocycles. The van der Waals surface area contributed by atoms with Gasteiger partial charge < -0.3 is 31.2 Å². The first kappa shape index (κ1) is 34.9. The van der Waals surface area contributed by atoms with Crippen LogP contribution < -0.4 is 21.7 Å². The molecule has 45 heavy (non-hydrogen) atoms. The topological polar surface area (TPSA) is 149 Å². The SMILES string of the molecule is C[C@H](NC(=O)[C@@H](N)Cc1ccccc1)C(=O)N[C@@H](COC(C)(C)C)C(=O)N[C@@H](Cc1ccccc1)C(=O)OCc1ccccc1. The zero-order valence-corrected chi connectivity index (χ0v) is 26.3. The van der Waals surface area contributed by atoms with Crippen LogP contribution in [0.25, 0.3) is 0 Å². The lowest BCUT2D eigenvalue weighted by Crippen LogP contribution is -2.58. The van der Waals surface area contributed by atoms with E-state index in [-0.39, 0.29) is 19.6 Å². The van der Waals surface area contributed by atoms with Crippen molar-refractivity contribution in [2.45, 2.75) is 76.9 Å². The van der Waals surface area contributed by atoms with Gasteiger partial charge in [0.05, 0.1) is 18.2 Å². The highest BCUT2D eigenvalue weighted by Crippen LogP contribution is 2.10. The Morgan fingerprint density at radius 2 is 1.16 bits per heavy atom. The van der Waals surface area contributed by atoms with Crippen LogP contribution in [0.2, 0.25) is 0 Å². The van der Waals surface area contributed by atoms with Crippen LogP contribution in [-0.2, 0) is 48.1 Å². The normalized spacial score (nSPS) is 13.9. The maximum Gasteiger partial charge on any atom is 0.329 e. The second-order valence-corrected chi connectivity index (χ2v) is 11.9. The van der Waals surface area contributed by atoms with E-state index in [1.807, 2.05) is 112 Å². The highest BCUT2D eigenvalue weighted by atomic mass is 16.5. The summed E-state index contributed by atoms with van der Waals surface area (Å²) in [6, 6.07) is 23.7. The fourth-order valence-electron chi connectivity index (χ4n) is 4.30. The minimum Gasteiger partial charge on any atom is -0.459 e. The van der Waals surface area contributed by atoms with Crippen molar-refractivity contribution in [3.63, 3.8) is 0 Å². The van der Waals surface area contributed by atoms with Gasteiger partial charge in [0, 0.05) is 6.42 Å². The Morgan fingerprint density at radius 1 is 0.667 bits per heavy atom. The fraction of sp³-hybridized carbons (Fsp3) is 0.371. The van der Waals surface area contributed by atoms with Crippen molar-refractivity contribution in [1.29, 1.82) is 0 Å². The lowest BCUT2D eigenvalue weighted by molar-refractivity contribution is -0.149. The third kappa shape index (κ3) is 12.5. The van der Waals surface area contributed by atoms with E-state index in [1.165, 1.54) is 6.92 Å². The van der Waals surface area contributed by atoms with Crippen molar-refractivity contribution in [3.05, 3.63) is 108 Å². The molecular formula is C35H44N4O6. The van der Waals surface area contributed by atoms with Crippen LogP contribution in [0.5, 0.6) is 0 Å². The van der Waals surface area contributed by atoms with Crippen LogP contribution in [-0.4, -0.2) is 60.1 Å². The summed E-state index contributed by atoms with van der Waals surface area (Å²) < 4.78 is 11.4. The van der Waals surface area contributed by atoms with Crippen molar-refractivity contribution < 1.29 is 28.7 Å². The van der Waals surface area contributed by atoms with Crippen molar-refractivity contribution in [1.82, 2.24) is 16.0 Å². The first-order chi connectivity index (χ1) is 21.4. The molecule has 240 valence electrons. The summed E-state index contributed by atoms with van der Waals surface area (Å²) in [6.07, 6.45) is 0.474. The quantitative estimate of drug-likeness (QED) is 0.192. The Morgan fingerprint density at radius 3 is 1.69 bits per heavy atom. The fourth-order valence-corrected chi connectivity index (χ4v) is 4.30. The standard InChI is InChI=1S/C35H44N4O6/c1-24(37-32(41)28(36)20-25-14-8-5-9-15-25)31(40)39-30(23-45-35(2,3)4)33(42)38-29(21-26-16-10-6-11-17-26)34(43)44-22-27-18-12-7-13-19-27/h5-19,24,28-30H,20-23,36H2,1-4H3,(H,37,41)(H,38,42)(H,39,40)/t24-,28-,29-,30-/m0/s1. The van der Waals surface area contributed by atoms with Gasteiger partial charge in [-0.2, -0.15) is 0 Å². The number of carbonyl (C=O) groups is 4. The van der Waals surface area contributed by atoms with Gasteiger partial charge >= 0.3 is 5.97 Å². The van der Waals surface area contributed by atoms with Gasteiger partial charge in [0.15, 0.2) is 0 Å². The Kier molecular flexibility index (Phi) is 13.3. The van der Waals surface area contributed by atoms with Gasteiger partial charge in [0.2, 0.25) is 17.7 Å². The minimum absolute atomic E-state index is 0.0394. The molecule has 0 aliphatic rings. The van der Waals surface area contributed by atoms with Gasteiger partial charge in [-0.25, -0.2) is 4.79 Å². The number of nitrogens with two attached hydrogens (primary N) is 1. The number of amides is 3. The highest BCUT2D eigenvalue weighted by molar-refractivity contribution is 5.94. The van der Waals surface area contributed by atoms with Crippen molar-refractivity contribution in [2.24, 2.45) is 5.73 Å². The van der Waals surface area contributed by atoms with Crippen LogP contribution in [0.4, 0.5) is 0 Å². The van der Waals surface area contributed by atoms with E-state index in [2.05, 4.69) is 16.0 Å². The molecule has 0 unspecified atom stereocenters. The number of benzene rings is 3. The monoisotopic (exact) mass is 616 g/mol. The summed E-state index contributed by atoms with van der Waals surface area (Å²) in [5.41, 5.74) is 7.97. The van der Waals surface area contributed by atoms with Gasteiger partial charge in [0.1, 0.15) is 24.7 Å². The maximum absolute atomic E-state index is 13.6. The van der Waals surface area contributed by atoms with Crippen LogP contribution in [0.1, 0.15) is 44.4 Å². The number of nitrogens with one attached hydrogen (secondary N) is 3. The molecular weight excluding hydrogens is 572 g/mol. The molecule has 3 amide bonds. The summed E-state index contributed by atoms with van der Waals surface area (Å²) in [6.45, 7) is 6.82. The first-order valence-corrected chi connectivity index (χ1v) is 15.0. The molecule has 3 rings (SSSR count). The van der Waals surface area contributed by atoms with E-state index >= 15 is 0 Å². The van der Waals surface area contributed by atoms with E-state index in [0.717, 1.165) is 16.7 Å². The largest absolute Gasteiger partial charge is 0.459 e. The molecule has 10 heteroatoms. The number of carbonyl (C=O) groups excluding carboxylic acids is 4. The van der Waals surface area contributed by atoms with Crippen LogP contribution in [0.3, 0.4) is 0 Å². The molecule has 0 saturated heterocycles. The Bertz CT molecular complexity index is 1380. The smallest absolute Gasteiger partial charge is 0.329 e. The summed E-state index contributed by atoms with van der Waals surface area (Å²) in [7, 11) is 0. The van der Waals surface area contributed by atoms with Crippen molar-refractivity contribution in [2.75, 3.05) is 6.61 Å². The van der Waals surface area contributed by atoms with Crippen LogP contribution in [0.15, 0.2) is 91.0 Å². The number of rotatable bonds is 15. The third-order valence-corrected chi connectivity index (χ3v) is 6.81. The van der Waals surface area contributed by atoms with E-state index < -0.39 is 53.5 Å². The lowest BCUT2D eigenvalue weighted by Gasteiger charge is -2.27. The summed E-state index contributed by atoms with van der Waals surface area (Å²) in [5.74, 6) is -2.37. The number of hydrogen-bond acceptors (Lipinski definition) is 7. The van der Waals surface area contributed by atoms with Gasteiger partial charge in [0.25, 0.3) is 0 Å². The molecule has 0 spiro atoms. The van der Waals surface area contributed by atoms with Gasteiger partial charge in [-0.3, -0.25) is 14.4 Å². The maximum atomic E-state index is 13.6. The molecule has 0 aliphatic heterocycles. The van der Waals surface area contributed by atoms with Crippen molar-refractivity contribution in [3.8, 4) is 0 Å². The number of hydrogen-bond donors (Lipinski definition) is 4. The number of esters is 1. The van der Waals surface area contributed by atoms with Crippen molar-refractivity contribution >= 4 is 23.7 Å². The van der Waals surface area contributed by atoms with Gasteiger partial charge in [-0.15, -0.1) is 0 Å². The van der Waals surface area contributed by atoms with E-state index in [0.29, 0.717) is 6.42 Å². The number of ether oxygens (including phenoxy) is 2. The van der Waals surface area contributed by atoms with E-state index in [9.17, 15) is 19.2 Å². The Balaban J connectivity index is 1.69. The molecule has 0 radical (unpaired) electrons. The second kappa shape index (κ2) is 17.1. The molecule has 5 N–H and O–H groups in total. The molecule has 10 nitrogen and oxygen atoms in total. The molecule has 3 aromatic rings. The highest BCUT2D eigenvalue weighted by Gasteiger charge is 2.31. The third-order valence-electron chi connectivity index (χ3n) is 6.81. The lowest BCUT2D eigenvalue weighted by atomic mass is 10.1. The summed E-state index contributed by atoms with van der Waals surface area (Å²) in [4.78, 5) is 52.7. The molecule has 0 fully saturated rings. The van der Waals surface area contributed by atoms with E-state index in [1.54, 1.807) is 0 Å². The second-order valence-electron chi connectivity index (χ2n) is 11.9. The van der Waals surface area contributed by atoms with Crippen LogP contribution >= 0.6 is 0 Å². The molecule has 0 heterocycles. The molecule has 0 aliphatic carbocycles. The predicted octanol–water partition coefficient (Wildman–Crippen LogP) is 2.83. The average molecular weight is 617 g/mol. The minimum atomic E-state index is -1.17. The first-order valence-electron chi connectivity index (χ1n) is 15.0. The van der Waals surface area contributed by atoms with Gasteiger partial charge in [-0.05, 0) is 50.8 Å².